The molecule has 1 heterocycles. The van der Waals surface area contributed by atoms with Gasteiger partial charge in [-0.1, -0.05) is 23.2 Å². The summed E-state index contributed by atoms with van der Waals surface area (Å²) in [5, 5.41) is -0.123. The van der Waals surface area contributed by atoms with Gasteiger partial charge in [-0.15, -0.1) is 0 Å². The summed E-state index contributed by atoms with van der Waals surface area (Å²) in [5.41, 5.74) is -0.00460. The van der Waals surface area contributed by atoms with Crippen LogP contribution in [0.5, 0.6) is 5.75 Å². The Bertz CT molecular complexity index is 991. The van der Waals surface area contributed by atoms with Crippen molar-refractivity contribution in [3.8, 4) is 5.75 Å². The molecule has 0 radical (unpaired) electrons. The summed E-state index contributed by atoms with van der Waals surface area (Å²) < 4.78 is 45.6. The molecular formula is C18H17Cl2FN2O4S. The predicted octanol–water partition coefficient (Wildman–Crippen LogP) is 3.29. The number of halogens is 3. The summed E-state index contributed by atoms with van der Waals surface area (Å²) in [5.74, 6) is -0.654. The van der Waals surface area contributed by atoms with Crippen molar-refractivity contribution in [2.24, 2.45) is 0 Å². The fourth-order valence-electron chi connectivity index (χ4n) is 2.89. The molecular weight excluding hydrogens is 430 g/mol. The smallest absolute Gasteiger partial charge is 0.255 e. The van der Waals surface area contributed by atoms with E-state index < -0.39 is 21.7 Å². The maximum Gasteiger partial charge on any atom is 0.255 e. The number of ether oxygens (including phenoxy) is 1. The predicted molar refractivity (Wildman–Crippen MR) is 104 cm³/mol. The van der Waals surface area contributed by atoms with Crippen LogP contribution in [0.4, 0.5) is 4.39 Å². The molecule has 1 fully saturated rings. The molecule has 150 valence electrons. The van der Waals surface area contributed by atoms with Crippen LogP contribution in [0.3, 0.4) is 0 Å². The van der Waals surface area contributed by atoms with Crippen molar-refractivity contribution in [2.45, 2.75) is 4.90 Å². The van der Waals surface area contributed by atoms with E-state index in [9.17, 15) is 17.6 Å². The zero-order valence-corrected chi connectivity index (χ0v) is 17.2. The van der Waals surface area contributed by atoms with Crippen LogP contribution in [0.25, 0.3) is 0 Å². The van der Waals surface area contributed by atoms with Gasteiger partial charge in [-0.05, 0) is 36.4 Å². The average molecular weight is 447 g/mol. The Kier molecular flexibility index (Phi) is 6.14. The summed E-state index contributed by atoms with van der Waals surface area (Å²) in [7, 11) is -2.19. The summed E-state index contributed by atoms with van der Waals surface area (Å²) >= 11 is 11.7. The number of benzene rings is 2. The minimum atomic E-state index is -3.68. The van der Waals surface area contributed by atoms with Crippen LogP contribution in [0.1, 0.15) is 10.4 Å². The van der Waals surface area contributed by atoms with Gasteiger partial charge in [-0.25, -0.2) is 12.8 Å². The van der Waals surface area contributed by atoms with Crippen molar-refractivity contribution in [2.75, 3.05) is 33.3 Å². The van der Waals surface area contributed by atoms with Gasteiger partial charge >= 0.3 is 0 Å². The highest BCUT2D eigenvalue weighted by atomic mass is 35.5. The highest BCUT2D eigenvalue weighted by Crippen LogP contribution is 2.26. The zero-order valence-electron chi connectivity index (χ0n) is 14.9. The molecule has 28 heavy (non-hydrogen) atoms. The maximum absolute atomic E-state index is 13.7. The van der Waals surface area contributed by atoms with Crippen molar-refractivity contribution >= 4 is 39.1 Å². The standard InChI is InChI=1S/C18H17Cl2FN2O4S/c1-27-12-2-4-13(5-3-12)28(25,26)23-8-6-22(7-9-23)18(24)14-10-17(21)16(20)11-15(14)19/h2-5,10-11H,6-9H2,1H3. The molecule has 0 unspecified atom stereocenters. The van der Waals surface area contributed by atoms with Crippen LogP contribution in [0.2, 0.25) is 10.0 Å². The SMILES string of the molecule is COc1ccc(S(=O)(=O)N2CCN(C(=O)c3cc(F)c(Cl)cc3Cl)CC2)cc1. The molecule has 0 aliphatic carbocycles. The number of hydrogen-bond donors (Lipinski definition) is 0. The minimum Gasteiger partial charge on any atom is -0.497 e. The molecule has 1 saturated heterocycles. The monoisotopic (exact) mass is 446 g/mol. The molecule has 1 aliphatic heterocycles. The Labute approximate surface area is 172 Å². The number of amides is 1. The first-order chi connectivity index (χ1) is 13.2. The number of hydrogen-bond acceptors (Lipinski definition) is 4. The molecule has 0 spiro atoms. The largest absolute Gasteiger partial charge is 0.497 e. The third-order valence-electron chi connectivity index (χ3n) is 4.46. The Balaban J connectivity index is 1.71. The van der Waals surface area contributed by atoms with Gasteiger partial charge in [-0.3, -0.25) is 4.79 Å². The van der Waals surface area contributed by atoms with E-state index >= 15 is 0 Å². The van der Waals surface area contributed by atoms with Crippen LogP contribution in [-0.4, -0.2) is 56.8 Å². The van der Waals surface area contributed by atoms with E-state index in [1.807, 2.05) is 0 Å². The van der Waals surface area contributed by atoms with Gasteiger partial charge in [0.25, 0.3) is 5.91 Å². The third kappa shape index (κ3) is 4.10. The maximum atomic E-state index is 13.7. The molecule has 1 aliphatic rings. The molecule has 6 nitrogen and oxygen atoms in total. The van der Waals surface area contributed by atoms with Crippen molar-refractivity contribution in [1.29, 1.82) is 0 Å². The number of rotatable bonds is 4. The summed E-state index contributed by atoms with van der Waals surface area (Å²) in [4.78, 5) is 14.2. The second-order valence-corrected chi connectivity index (χ2v) is 8.87. The average Bonchev–Trinajstić information content (AvgIpc) is 2.70. The van der Waals surface area contributed by atoms with E-state index in [1.54, 1.807) is 12.1 Å². The molecule has 2 aromatic rings. The molecule has 2 aromatic carbocycles. The van der Waals surface area contributed by atoms with E-state index in [1.165, 1.54) is 34.5 Å². The van der Waals surface area contributed by atoms with E-state index in [0.717, 1.165) is 6.07 Å². The molecule has 1 amide bonds. The zero-order chi connectivity index (χ0) is 20.5. The lowest BCUT2D eigenvalue weighted by molar-refractivity contribution is 0.0697. The first kappa shape index (κ1) is 20.9. The van der Waals surface area contributed by atoms with Gasteiger partial charge in [0.05, 0.1) is 27.6 Å². The third-order valence-corrected chi connectivity index (χ3v) is 6.98. The highest BCUT2D eigenvalue weighted by Gasteiger charge is 2.31. The van der Waals surface area contributed by atoms with Gasteiger partial charge in [0, 0.05) is 26.2 Å². The van der Waals surface area contributed by atoms with Crippen molar-refractivity contribution in [3.05, 3.63) is 57.8 Å². The van der Waals surface area contributed by atoms with E-state index in [-0.39, 0.29) is 46.7 Å². The Morgan fingerprint density at radius 2 is 1.64 bits per heavy atom. The van der Waals surface area contributed by atoms with Gasteiger partial charge in [0.1, 0.15) is 11.6 Å². The van der Waals surface area contributed by atoms with Crippen LogP contribution in [0.15, 0.2) is 41.3 Å². The minimum absolute atomic E-state index is 0.00460. The molecule has 0 saturated carbocycles. The van der Waals surface area contributed by atoms with E-state index in [2.05, 4.69) is 0 Å². The number of piperazine rings is 1. The fourth-order valence-corrected chi connectivity index (χ4v) is 4.77. The number of carbonyl (C=O) groups excluding carboxylic acids is 1. The summed E-state index contributed by atoms with van der Waals surface area (Å²) in [6.07, 6.45) is 0. The summed E-state index contributed by atoms with van der Waals surface area (Å²) in [6.45, 7) is 0.561. The second kappa shape index (κ2) is 8.24. The van der Waals surface area contributed by atoms with Crippen molar-refractivity contribution in [1.82, 2.24) is 9.21 Å². The molecule has 3 rings (SSSR count). The highest BCUT2D eigenvalue weighted by molar-refractivity contribution is 7.89. The first-order valence-electron chi connectivity index (χ1n) is 8.32. The Morgan fingerprint density at radius 1 is 1.04 bits per heavy atom. The van der Waals surface area contributed by atoms with Gasteiger partial charge in [-0.2, -0.15) is 4.31 Å². The van der Waals surface area contributed by atoms with E-state index in [0.29, 0.717) is 5.75 Å². The quantitative estimate of drug-likeness (QED) is 0.675. The topological polar surface area (TPSA) is 66.9 Å². The number of nitrogens with zero attached hydrogens (tertiary/aromatic N) is 2. The lowest BCUT2D eigenvalue weighted by Gasteiger charge is -2.34. The summed E-state index contributed by atoms with van der Waals surface area (Å²) in [6, 6.07) is 8.26. The van der Waals surface area contributed by atoms with Crippen LogP contribution in [-0.2, 0) is 10.0 Å². The van der Waals surface area contributed by atoms with Gasteiger partial charge in [0.2, 0.25) is 10.0 Å². The molecule has 0 atom stereocenters. The first-order valence-corrected chi connectivity index (χ1v) is 10.5. The number of carbonyl (C=O) groups is 1. The lowest BCUT2D eigenvalue weighted by Crippen LogP contribution is -2.50. The molecule has 10 heteroatoms. The van der Waals surface area contributed by atoms with Gasteiger partial charge < -0.3 is 9.64 Å². The normalized spacial score (nSPS) is 15.5. The molecule has 0 N–H and O–H groups in total. The van der Waals surface area contributed by atoms with Crippen LogP contribution < -0.4 is 4.74 Å². The number of methoxy groups -OCH3 is 1. The number of sulfonamides is 1. The Hall–Kier alpha value is -1.87. The van der Waals surface area contributed by atoms with Crippen molar-refractivity contribution < 1.29 is 22.3 Å². The van der Waals surface area contributed by atoms with E-state index in [4.69, 9.17) is 27.9 Å². The van der Waals surface area contributed by atoms with Crippen LogP contribution in [0, 0.1) is 5.82 Å². The lowest BCUT2D eigenvalue weighted by atomic mass is 10.1. The van der Waals surface area contributed by atoms with Gasteiger partial charge in [0.15, 0.2) is 0 Å². The fraction of sp³-hybridized carbons (Fsp3) is 0.278. The Morgan fingerprint density at radius 3 is 2.21 bits per heavy atom. The molecule has 0 bridgehead atoms. The second-order valence-electron chi connectivity index (χ2n) is 6.12. The molecule has 0 aromatic heterocycles. The van der Waals surface area contributed by atoms with Crippen LogP contribution >= 0.6 is 23.2 Å². The van der Waals surface area contributed by atoms with Crippen molar-refractivity contribution in [3.63, 3.8) is 0 Å².